The molecule has 0 fully saturated rings. The third kappa shape index (κ3) is 2.98. The summed E-state index contributed by atoms with van der Waals surface area (Å²) in [5.41, 5.74) is -2.02. The van der Waals surface area contributed by atoms with Crippen LogP contribution in [0.5, 0.6) is 0 Å². The minimum absolute atomic E-state index is 0.222. The molecule has 0 aliphatic carbocycles. The summed E-state index contributed by atoms with van der Waals surface area (Å²) >= 11 is 0. The Morgan fingerprint density at radius 2 is 2.17 bits per heavy atom. The van der Waals surface area contributed by atoms with Crippen LogP contribution in [0.4, 0.5) is 14.5 Å². The number of carbonyl (C=O) groups excluding carboxylic acids is 1. The van der Waals surface area contributed by atoms with E-state index in [1.807, 2.05) is 0 Å². The van der Waals surface area contributed by atoms with E-state index in [0.717, 1.165) is 0 Å². The predicted octanol–water partition coefficient (Wildman–Crippen LogP) is 0.984. The first kappa shape index (κ1) is 14.0. The van der Waals surface area contributed by atoms with Crippen molar-refractivity contribution in [2.24, 2.45) is 0 Å². The van der Waals surface area contributed by atoms with Gasteiger partial charge in [0.25, 0.3) is 5.91 Å². The molecule has 1 rings (SSSR count). The van der Waals surface area contributed by atoms with Crippen LogP contribution in [-0.4, -0.2) is 28.6 Å². The van der Waals surface area contributed by atoms with E-state index in [1.54, 1.807) is 0 Å². The second-order valence-corrected chi connectivity index (χ2v) is 3.57. The van der Waals surface area contributed by atoms with E-state index in [1.165, 1.54) is 6.92 Å². The van der Waals surface area contributed by atoms with Crippen molar-refractivity contribution in [3.8, 4) is 0 Å². The Labute approximate surface area is 100 Å². The van der Waals surface area contributed by atoms with Crippen LogP contribution in [-0.2, 0) is 0 Å². The molecule has 0 aromatic heterocycles. The molecule has 1 aromatic carbocycles. The highest BCUT2D eigenvalue weighted by molar-refractivity contribution is 5.95. The average molecular weight is 260 g/mol. The third-order valence-corrected chi connectivity index (χ3v) is 2.05. The number of hydrogen-bond donors (Lipinski definition) is 2. The van der Waals surface area contributed by atoms with Crippen molar-refractivity contribution in [3.63, 3.8) is 0 Å². The molecule has 0 bridgehead atoms. The van der Waals surface area contributed by atoms with Crippen molar-refractivity contribution in [2.45, 2.75) is 13.0 Å². The van der Waals surface area contributed by atoms with Crippen molar-refractivity contribution in [1.29, 1.82) is 0 Å². The maximum absolute atomic E-state index is 13.6. The molecule has 1 aromatic rings. The van der Waals surface area contributed by atoms with E-state index in [4.69, 9.17) is 5.11 Å². The molecule has 1 amide bonds. The topological polar surface area (TPSA) is 92.5 Å². The first-order valence-electron chi connectivity index (χ1n) is 4.93. The Bertz CT molecular complexity index is 491. The zero-order valence-corrected chi connectivity index (χ0v) is 9.31. The van der Waals surface area contributed by atoms with Gasteiger partial charge in [0.2, 0.25) is 5.82 Å². The molecule has 6 nitrogen and oxygen atoms in total. The molecular weight excluding hydrogens is 250 g/mol. The molecule has 8 heteroatoms. The second kappa shape index (κ2) is 5.50. The molecule has 18 heavy (non-hydrogen) atoms. The van der Waals surface area contributed by atoms with Crippen molar-refractivity contribution in [2.75, 3.05) is 6.54 Å². The van der Waals surface area contributed by atoms with Crippen LogP contribution in [0.1, 0.15) is 17.3 Å². The summed E-state index contributed by atoms with van der Waals surface area (Å²) in [4.78, 5) is 20.8. The predicted molar refractivity (Wildman–Crippen MR) is 57.0 cm³/mol. The number of nitro groups is 1. The van der Waals surface area contributed by atoms with E-state index >= 15 is 0 Å². The SMILES string of the molecule is C[C@H](O)CNC(=O)c1c(F)ccc([N+](=O)[O-])c1F. The molecule has 0 spiro atoms. The summed E-state index contributed by atoms with van der Waals surface area (Å²) in [5.74, 6) is -3.90. The Hall–Kier alpha value is -2.09. The Kier molecular flexibility index (Phi) is 4.27. The number of nitrogens with zero attached hydrogens (tertiary/aromatic N) is 1. The van der Waals surface area contributed by atoms with Gasteiger partial charge in [-0.1, -0.05) is 0 Å². The van der Waals surface area contributed by atoms with Crippen LogP contribution in [0, 0.1) is 21.7 Å². The number of benzene rings is 1. The molecule has 0 unspecified atom stereocenters. The molecule has 2 N–H and O–H groups in total. The Morgan fingerprint density at radius 1 is 1.56 bits per heavy atom. The van der Waals surface area contributed by atoms with E-state index in [2.05, 4.69) is 5.32 Å². The van der Waals surface area contributed by atoms with Crippen LogP contribution in [0.15, 0.2) is 12.1 Å². The molecule has 1 atom stereocenters. The maximum Gasteiger partial charge on any atom is 0.305 e. The summed E-state index contributed by atoms with van der Waals surface area (Å²) in [5, 5.41) is 21.4. The largest absolute Gasteiger partial charge is 0.392 e. The number of nitro benzene ring substituents is 1. The molecule has 0 saturated carbocycles. The summed E-state index contributed by atoms with van der Waals surface area (Å²) in [7, 11) is 0. The number of rotatable bonds is 4. The molecule has 0 saturated heterocycles. The van der Waals surface area contributed by atoms with Crippen molar-refractivity contribution in [1.82, 2.24) is 5.32 Å². The number of carbonyl (C=O) groups is 1. The van der Waals surface area contributed by atoms with Crippen molar-refractivity contribution < 1.29 is 23.6 Å². The van der Waals surface area contributed by atoms with E-state index in [9.17, 15) is 23.7 Å². The lowest BCUT2D eigenvalue weighted by Crippen LogP contribution is -2.32. The minimum Gasteiger partial charge on any atom is -0.392 e. The molecule has 0 aliphatic rings. The Morgan fingerprint density at radius 3 is 2.67 bits per heavy atom. The number of aliphatic hydroxyl groups is 1. The van der Waals surface area contributed by atoms with E-state index in [0.29, 0.717) is 12.1 Å². The fourth-order valence-electron chi connectivity index (χ4n) is 1.22. The highest BCUT2D eigenvalue weighted by Crippen LogP contribution is 2.22. The molecule has 98 valence electrons. The summed E-state index contributed by atoms with van der Waals surface area (Å²) in [6, 6.07) is 1.27. The maximum atomic E-state index is 13.6. The number of aliphatic hydroxyl groups excluding tert-OH is 1. The van der Waals surface area contributed by atoms with Crippen LogP contribution < -0.4 is 5.32 Å². The van der Waals surface area contributed by atoms with Crippen LogP contribution >= 0.6 is 0 Å². The van der Waals surface area contributed by atoms with Gasteiger partial charge in [0.1, 0.15) is 11.4 Å². The van der Waals surface area contributed by atoms with E-state index < -0.39 is 39.8 Å². The molecule has 0 aliphatic heterocycles. The summed E-state index contributed by atoms with van der Waals surface area (Å²) < 4.78 is 26.8. The Balaban J connectivity index is 3.11. The molecule has 0 heterocycles. The zero-order chi connectivity index (χ0) is 13.9. The van der Waals surface area contributed by atoms with Gasteiger partial charge in [0.15, 0.2) is 0 Å². The monoisotopic (exact) mass is 260 g/mol. The quantitative estimate of drug-likeness (QED) is 0.623. The molecule has 0 radical (unpaired) electrons. The standard InChI is InChI=1S/C10H10F2N2O4/c1-5(15)4-13-10(16)8-6(11)2-3-7(9(8)12)14(17)18/h2-3,5,15H,4H2,1H3,(H,13,16)/t5-/m0/s1. The van der Waals surface area contributed by atoms with Crippen LogP contribution in [0.3, 0.4) is 0 Å². The zero-order valence-electron chi connectivity index (χ0n) is 9.31. The lowest BCUT2D eigenvalue weighted by Gasteiger charge is -2.08. The normalized spacial score (nSPS) is 12.0. The van der Waals surface area contributed by atoms with Crippen molar-refractivity contribution in [3.05, 3.63) is 39.4 Å². The van der Waals surface area contributed by atoms with Gasteiger partial charge in [0.05, 0.1) is 11.0 Å². The highest BCUT2D eigenvalue weighted by Gasteiger charge is 2.26. The first-order valence-corrected chi connectivity index (χ1v) is 4.93. The number of hydrogen-bond acceptors (Lipinski definition) is 4. The average Bonchev–Trinajstić information content (AvgIpc) is 2.25. The van der Waals surface area contributed by atoms with Gasteiger partial charge in [0, 0.05) is 12.6 Å². The van der Waals surface area contributed by atoms with Crippen LogP contribution in [0.25, 0.3) is 0 Å². The van der Waals surface area contributed by atoms with E-state index in [-0.39, 0.29) is 6.54 Å². The van der Waals surface area contributed by atoms with Gasteiger partial charge >= 0.3 is 5.69 Å². The van der Waals surface area contributed by atoms with Gasteiger partial charge in [-0.25, -0.2) is 4.39 Å². The number of halogens is 2. The van der Waals surface area contributed by atoms with Gasteiger partial charge in [-0.3, -0.25) is 14.9 Å². The minimum atomic E-state index is -1.54. The fraction of sp³-hybridized carbons (Fsp3) is 0.300. The summed E-state index contributed by atoms with van der Waals surface area (Å²) in [6.45, 7) is 1.14. The van der Waals surface area contributed by atoms with Gasteiger partial charge in [-0.05, 0) is 13.0 Å². The number of nitrogens with one attached hydrogen (secondary N) is 1. The molecular formula is C10H10F2N2O4. The van der Waals surface area contributed by atoms with Crippen LogP contribution in [0.2, 0.25) is 0 Å². The van der Waals surface area contributed by atoms with Gasteiger partial charge in [-0.2, -0.15) is 4.39 Å². The lowest BCUT2D eigenvalue weighted by molar-refractivity contribution is -0.387. The highest BCUT2D eigenvalue weighted by atomic mass is 19.1. The smallest absolute Gasteiger partial charge is 0.305 e. The second-order valence-electron chi connectivity index (χ2n) is 3.57. The van der Waals surface area contributed by atoms with Gasteiger partial charge in [-0.15, -0.1) is 0 Å². The third-order valence-electron chi connectivity index (χ3n) is 2.05. The summed E-state index contributed by atoms with van der Waals surface area (Å²) in [6.07, 6.45) is -0.904. The first-order chi connectivity index (χ1) is 8.34. The van der Waals surface area contributed by atoms with Crippen molar-refractivity contribution >= 4 is 11.6 Å². The fourth-order valence-corrected chi connectivity index (χ4v) is 1.22. The number of amides is 1. The van der Waals surface area contributed by atoms with Gasteiger partial charge < -0.3 is 10.4 Å². The lowest BCUT2D eigenvalue weighted by atomic mass is 10.1.